The highest BCUT2D eigenvalue weighted by molar-refractivity contribution is 8.14. The number of hydrogen-bond donors (Lipinski definition) is 1. The number of hydrogen-bond acceptors (Lipinski definition) is 12. The minimum Gasteiger partial charge on any atom is -0.445 e. The van der Waals surface area contributed by atoms with Crippen molar-refractivity contribution in [2.24, 2.45) is 11.3 Å². The average Bonchev–Trinajstić information content (AvgIpc) is 2.98. The Morgan fingerprint density at radius 1 is 1.04 bits per heavy atom. The molecule has 1 fully saturated rings. The highest BCUT2D eigenvalue weighted by Crippen LogP contribution is 2.44. The molecule has 2 amide bonds. The van der Waals surface area contributed by atoms with Gasteiger partial charge in [0.05, 0.1) is 22.4 Å². The molecule has 14 nitrogen and oxygen atoms in total. The number of likely N-dealkylation sites (tertiary alicyclic amines) is 1. The molecule has 0 bridgehead atoms. The first-order chi connectivity index (χ1) is 22.6. The second-order valence-electron chi connectivity index (χ2n) is 14.2. The second-order valence-corrected chi connectivity index (χ2v) is 20.6. The van der Waals surface area contributed by atoms with Gasteiger partial charge in [-0.15, -0.1) is 0 Å². The van der Waals surface area contributed by atoms with Crippen LogP contribution in [0.15, 0.2) is 24.3 Å². The summed E-state index contributed by atoms with van der Waals surface area (Å²) in [5.74, 6) is -2.80. The first kappa shape index (κ1) is 42.0. The van der Waals surface area contributed by atoms with Crippen molar-refractivity contribution in [1.29, 1.82) is 0 Å². The molecule has 0 aliphatic carbocycles. The molecule has 0 saturated carbocycles. The fraction of sp³-hybridized carbons (Fsp3) is 0.656. The highest BCUT2D eigenvalue weighted by Gasteiger charge is 2.57. The van der Waals surface area contributed by atoms with Gasteiger partial charge in [-0.3, -0.25) is 24.5 Å². The number of nitrogens with zero attached hydrogens (tertiary/aromatic N) is 2. The lowest BCUT2D eigenvalue weighted by molar-refractivity contribution is -0.384. The molecule has 1 aliphatic heterocycles. The first-order valence-corrected chi connectivity index (χ1v) is 20.1. The lowest BCUT2D eigenvalue weighted by Crippen LogP contribution is -2.67. The van der Waals surface area contributed by atoms with Crippen molar-refractivity contribution >= 4 is 66.4 Å². The number of non-ortho nitro benzene ring substituents is 1. The van der Waals surface area contributed by atoms with Gasteiger partial charge in [0.15, 0.2) is 13.4 Å². The van der Waals surface area contributed by atoms with Crippen LogP contribution in [-0.4, -0.2) is 77.5 Å². The molecule has 4 atom stereocenters. The number of alkyl halides is 1. The number of nitrogens with one attached hydrogen (secondary N) is 1. The van der Waals surface area contributed by atoms with Gasteiger partial charge < -0.3 is 28.9 Å². The fourth-order valence-corrected chi connectivity index (χ4v) is 7.39. The van der Waals surface area contributed by atoms with Gasteiger partial charge in [0, 0.05) is 25.1 Å². The van der Waals surface area contributed by atoms with Crippen LogP contribution in [0.1, 0.15) is 73.3 Å². The van der Waals surface area contributed by atoms with Crippen LogP contribution in [0.3, 0.4) is 0 Å². The first-order valence-electron chi connectivity index (χ1n) is 15.9. The predicted octanol–water partition coefficient (Wildman–Crippen LogP) is 6.10. The summed E-state index contributed by atoms with van der Waals surface area (Å²) in [5, 5.41) is 12.2. The van der Waals surface area contributed by atoms with E-state index >= 15 is 0 Å². The molecule has 0 aromatic heterocycles. The Morgan fingerprint density at radius 3 is 2.20 bits per heavy atom. The summed E-state index contributed by atoms with van der Waals surface area (Å²) in [6.45, 7) is 16.5. The number of ether oxygens (including phenoxy) is 3. The lowest BCUT2D eigenvalue weighted by Gasteiger charge is -2.51. The van der Waals surface area contributed by atoms with E-state index < -0.39 is 72.3 Å². The summed E-state index contributed by atoms with van der Waals surface area (Å²) in [5.41, 5.74) is -1.86. The molecule has 1 heterocycles. The topological polar surface area (TPSA) is 181 Å². The van der Waals surface area contributed by atoms with Crippen molar-refractivity contribution in [2.75, 3.05) is 13.3 Å². The molecule has 1 aromatic rings. The zero-order valence-corrected chi connectivity index (χ0v) is 32.1. The number of nitro benzene ring substituents is 1. The summed E-state index contributed by atoms with van der Waals surface area (Å²) < 4.78 is 21.6. The number of thioether (sulfide) groups is 1. The smallest absolute Gasteiger partial charge is 0.407 e. The van der Waals surface area contributed by atoms with Crippen LogP contribution in [0.25, 0.3) is 0 Å². The quantitative estimate of drug-likeness (QED) is 0.0237. The minimum atomic E-state index is -2.31. The Labute approximate surface area is 297 Å². The number of rotatable bonds is 16. The Kier molecular flexibility index (Phi) is 15.1. The highest BCUT2D eigenvalue weighted by atomic mass is 35.5. The molecule has 17 heteroatoms. The van der Waals surface area contributed by atoms with Crippen molar-refractivity contribution in [3.63, 3.8) is 0 Å². The number of unbranched alkanes of at least 4 members (excludes halogenated alkanes) is 1. The van der Waals surface area contributed by atoms with Crippen LogP contribution in [0.2, 0.25) is 18.1 Å². The lowest BCUT2D eigenvalue weighted by atomic mass is 9.93. The van der Waals surface area contributed by atoms with E-state index in [2.05, 4.69) is 39.2 Å². The molecule has 1 unspecified atom stereocenters. The number of nitro groups is 1. The Morgan fingerprint density at radius 2 is 1.65 bits per heavy atom. The zero-order chi connectivity index (χ0) is 37.3. The summed E-state index contributed by atoms with van der Waals surface area (Å²) in [7, 11) is -2.31. The Balaban J connectivity index is 1.95. The average molecular weight is 746 g/mol. The minimum absolute atomic E-state index is 0.0640. The normalized spacial score (nSPS) is 17.8. The third kappa shape index (κ3) is 12.3. The molecule has 1 N–H and O–H groups in total. The van der Waals surface area contributed by atoms with E-state index in [4.69, 9.17) is 30.2 Å². The number of carbonyl (C=O) groups excluding carboxylic acids is 5. The van der Waals surface area contributed by atoms with Crippen LogP contribution in [0.5, 0.6) is 0 Å². The van der Waals surface area contributed by atoms with Gasteiger partial charge in [0.1, 0.15) is 12.0 Å². The van der Waals surface area contributed by atoms with E-state index in [0.717, 1.165) is 16.7 Å². The van der Waals surface area contributed by atoms with Gasteiger partial charge in [0.25, 0.3) is 5.69 Å². The standard InChI is InChI=1S/C32H48ClN3O11SSi/c1-20(47-49(8,9)32(5,6)7)24-26(38)35(25(33)28(39)45-19-46-29(40)31(2,3)4)27(24)48-23(37)12-10-11-17-34-30(41)44-18-21-13-15-22(16-14-21)36(42)43/h13-16,20,24-25,27H,10-12,17-19H2,1-9H3,(H,34,41)/t20-,24+,25?,27+/m0/s1. The van der Waals surface area contributed by atoms with Crippen molar-refractivity contribution in [2.45, 2.75) is 109 Å². The van der Waals surface area contributed by atoms with Crippen molar-refractivity contribution in [3.05, 3.63) is 39.9 Å². The number of esters is 2. The van der Waals surface area contributed by atoms with Gasteiger partial charge in [-0.05, 0) is 76.4 Å². The monoisotopic (exact) mass is 745 g/mol. The summed E-state index contributed by atoms with van der Waals surface area (Å²) in [6.07, 6.45) is -0.245. The maximum Gasteiger partial charge on any atom is 0.407 e. The number of β-lactam (4-membered cyclic amide) rings is 1. The molecule has 2 rings (SSSR count). The molecule has 1 aliphatic rings. The van der Waals surface area contributed by atoms with E-state index in [9.17, 15) is 34.1 Å². The third-order valence-corrected chi connectivity index (χ3v) is 14.4. The molecule has 0 radical (unpaired) electrons. The van der Waals surface area contributed by atoms with E-state index in [0.29, 0.717) is 18.4 Å². The summed E-state index contributed by atoms with van der Waals surface area (Å²) in [4.78, 5) is 74.6. The van der Waals surface area contributed by atoms with Crippen molar-refractivity contribution < 1.29 is 47.5 Å². The number of amides is 2. The maximum atomic E-state index is 13.4. The molecule has 1 saturated heterocycles. The van der Waals surface area contributed by atoms with Crippen LogP contribution in [-0.2, 0) is 44.4 Å². The Hall–Kier alpha value is -3.21. The Bertz CT molecular complexity index is 1370. The molecule has 274 valence electrons. The van der Waals surface area contributed by atoms with E-state index in [1.54, 1.807) is 27.7 Å². The predicted molar refractivity (Wildman–Crippen MR) is 186 cm³/mol. The molecular formula is C32H48ClN3O11SSi. The maximum absolute atomic E-state index is 13.4. The van der Waals surface area contributed by atoms with Gasteiger partial charge in [0.2, 0.25) is 18.2 Å². The van der Waals surface area contributed by atoms with E-state index in [1.165, 1.54) is 24.3 Å². The number of halogens is 1. The SMILES string of the molecule is C[C@H](O[Si](C)(C)C(C)(C)C)[C@@H]1C(=O)N(C(Cl)C(=O)OCOC(=O)C(C)(C)C)[C@@H]1SC(=O)CCCCNC(=O)OCc1ccc([N+](=O)[O-])cc1. The van der Waals surface area contributed by atoms with Gasteiger partial charge >= 0.3 is 18.0 Å². The molecular weight excluding hydrogens is 698 g/mol. The molecule has 0 spiro atoms. The number of carbonyl (C=O) groups is 5. The third-order valence-electron chi connectivity index (χ3n) is 8.20. The van der Waals surface area contributed by atoms with Gasteiger partial charge in [-0.2, -0.15) is 0 Å². The second kappa shape index (κ2) is 17.6. The van der Waals surface area contributed by atoms with Crippen molar-refractivity contribution in [1.82, 2.24) is 10.2 Å². The van der Waals surface area contributed by atoms with Crippen LogP contribution in [0.4, 0.5) is 10.5 Å². The fourth-order valence-electron chi connectivity index (χ4n) is 4.26. The number of alkyl carbamates (subject to hydrolysis) is 1. The van der Waals surface area contributed by atoms with Gasteiger partial charge in [-0.25, -0.2) is 9.59 Å². The van der Waals surface area contributed by atoms with E-state index in [1.807, 2.05) is 0 Å². The summed E-state index contributed by atoms with van der Waals surface area (Å²) >= 11 is 7.29. The van der Waals surface area contributed by atoms with Crippen LogP contribution in [0, 0.1) is 21.4 Å². The van der Waals surface area contributed by atoms with E-state index in [-0.39, 0.29) is 35.4 Å². The number of benzene rings is 1. The molecule has 1 aromatic carbocycles. The largest absolute Gasteiger partial charge is 0.445 e. The van der Waals surface area contributed by atoms with Crippen LogP contribution < -0.4 is 5.32 Å². The zero-order valence-electron chi connectivity index (χ0n) is 29.5. The van der Waals surface area contributed by atoms with Gasteiger partial charge in [-0.1, -0.05) is 44.1 Å². The molecule has 49 heavy (non-hydrogen) atoms. The van der Waals surface area contributed by atoms with Crippen molar-refractivity contribution in [3.8, 4) is 0 Å². The summed E-state index contributed by atoms with van der Waals surface area (Å²) in [6, 6.07) is 5.63. The van der Waals surface area contributed by atoms with Crippen LogP contribution >= 0.6 is 23.4 Å².